The Balaban J connectivity index is 2.28. The molecular weight excluding hydrogens is 248 g/mol. The van der Waals surface area contributed by atoms with Gasteiger partial charge >= 0.3 is 0 Å². The van der Waals surface area contributed by atoms with Gasteiger partial charge in [0.2, 0.25) is 0 Å². The Morgan fingerprint density at radius 2 is 1.94 bits per heavy atom. The van der Waals surface area contributed by atoms with Gasteiger partial charge < -0.3 is 5.73 Å². The highest BCUT2D eigenvalue weighted by molar-refractivity contribution is 6.30. The number of benzene rings is 1. The second-order valence-corrected chi connectivity index (χ2v) is 5.00. The molecule has 2 N–H and O–H groups in total. The van der Waals surface area contributed by atoms with Gasteiger partial charge in [0.25, 0.3) is 0 Å². The summed E-state index contributed by atoms with van der Waals surface area (Å²) in [5.41, 5.74) is 8.81. The highest BCUT2D eigenvalue weighted by Crippen LogP contribution is 2.19. The minimum Gasteiger partial charge on any atom is -0.325 e. The zero-order chi connectivity index (χ0) is 13.1. The first-order chi connectivity index (χ1) is 8.61. The maximum atomic E-state index is 5.87. The van der Waals surface area contributed by atoms with E-state index >= 15 is 0 Å². The molecule has 0 saturated heterocycles. The molecule has 0 atom stereocenters. The first-order valence-corrected chi connectivity index (χ1v) is 6.36. The van der Waals surface area contributed by atoms with Crippen molar-refractivity contribution in [3.63, 3.8) is 0 Å². The Morgan fingerprint density at radius 3 is 2.50 bits per heavy atom. The molecule has 18 heavy (non-hydrogen) atoms. The Bertz CT molecular complexity index is 516. The summed E-state index contributed by atoms with van der Waals surface area (Å²) in [5, 5.41) is 9.05. The number of hydrogen-bond donors (Lipinski definition) is 1. The van der Waals surface area contributed by atoms with Crippen LogP contribution in [0.5, 0.6) is 0 Å². The van der Waals surface area contributed by atoms with E-state index in [9.17, 15) is 0 Å². The fourth-order valence-electron chi connectivity index (χ4n) is 2.01. The lowest BCUT2D eigenvalue weighted by Crippen LogP contribution is -2.10. The molecule has 0 saturated carbocycles. The lowest BCUT2D eigenvalue weighted by molar-refractivity contribution is 0.597. The van der Waals surface area contributed by atoms with Gasteiger partial charge in [0, 0.05) is 11.6 Å². The molecule has 1 aromatic carbocycles. The molecule has 1 aromatic heterocycles. The summed E-state index contributed by atoms with van der Waals surface area (Å²) < 4.78 is 1.91. The molecule has 0 aliphatic rings. The van der Waals surface area contributed by atoms with Gasteiger partial charge in [0.1, 0.15) is 0 Å². The third kappa shape index (κ3) is 2.71. The number of aromatic nitrogens is 3. The molecule has 96 valence electrons. The van der Waals surface area contributed by atoms with Gasteiger partial charge in [-0.1, -0.05) is 42.8 Å². The number of rotatable bonds is 4. The number of nitrogens with two attached hydrogens (primary N) is 1. The summed E-state index contributed by atoms with van der Waals surface area (Å²) in [4.78, 5) is 0. The monoisotopic (exact) mass is 264 g/mol. The van der Waals surface area contributed by atoms with Gasteiger partial charge in [-0.2, -0.15) is 0 Å². The summed E-state index contributed by atoms with van der Waals surface area (Å²) in [5.74, 6) is 0.353. The summed E-state index contributed by atoms with van der Waals surface area (Å²) in [6, 6.07) is 7.76. The normalized spacial score (nSPS) is 11.2. The number of hydrogen-bond acceptors (Lipinski definition) is 3. The highest BCUT2D eigenvalue weighted by atomic mass is 35.5. The summed E-state index contributed by atoms with van der Waals surface area (Å²) in [6.07, 6.45) is 0. The first kappa shape index (κ1) is 13.1. The Labute approximate surface area is 112 Å². The largest absolute Gasteiger partial charge is 0.325 e. The van der Waals surface area contributed by atoms with Crippen molar-refractivity contribution >= 4 is 11.6 Å². The summed E-state index contributed by atoms with van der Waals surface area (Å²) in [6.45, 7) is 5.36. The minimum atomic E-state index is 0.353. The van der Waals surface area contributed by atoms with Crippen LogP contribution in [0.4, 0.5) is 0 Å². The minimum absolute atomic E-state index is 0.353. The molecule has 0 radical (unpaired) electrons. The first-order valence-electron chi connectivity index (χ1n) is 5.98. The molecule has 0 bridgehead atoms. The van der Waals surface area contributed by atoms with Crippen molar-refractivity contribution in [2.75, 3.05) is 0 Å². The van der Waals surface area contributed by atoms with Crippen molar-refractivity contribution in [3.05, 3.63) is 46.2 Å². The van der Waals surface area contributed by atoms with Gasteiger partial charge in [0.05, 0.1) is 17.9 Å². The molecule has 2 aromatic rings. The second-order valence-electron chi connectivity index (χ2n) is 4.56. The average molecular weight is 265 g/mol. The smallest absolute Gasteiger partial charge is 0.0997 e. The van der Waals surface area contributed by atoms with E-state index < -0.39 is 0 Å². The van der Waals surface area contributed by atoms with Gasteiger partial charge in [-0.25, -0.2) is 4.68 Å². The van der Waals surface area contributed by atoms with Crippen molar-refractivity contribution in [2.45, 2.75) is 32.9 Å². The van der Waals surface area contributed by atoms with Crippen LogP contribution >= 0.6 is 11.6 Å². The predicted molar refractivity (Wildman–Crippen MR) is 72.6 cm³/mol. The lowest BCUT2D eigenvalue weighted by Gasteiger charge is -2.10. The van der Waals surface area contributed by atoms with Gasteiger partial charge in [-0.05, 0) is 23.6 Å². The van der Waals surface area contributed by atoms with Gasteiger partial charge in [0.15, 0.2) is 0 Å². The fourth-order valence-corrected chi connectivity index (χ4v) is 2.14. The van der Waals surface area contributed by atoms with Gasteiger partial charge in [-0.3, -0.25) is 0 Å². The summed E-state index contributed by atoms with van der Waals surface area (Å²) >= 11 is 5.87. The standard InChI is InChI=1S/C13H17ClN4/c1-9(2)13-12(7-15)16-17-18(13)8-10-3-5-11(14)6-4-10/h3-6,9H,7-8,15H2,1-2H3. The second kappa shape index (κ2) is 5.50. The molecule has 2 rings (SSSR count). The lowest BCUT2D eigenvalue weighted by atomic mass is 10.1. The zero-order valence-electron chi connectivity index (χ0n) is 10.6. The number of nitrogens with zero attached hydrogens (tertiary/aromatic N) is 3. The van der Waals surface area contributed by atoms with E-state index in [0.29, 0.717) is 19.0 Å². The summed E-state index contributed by atoms with van der Waals surface area (Å²) in [7, 11) is 0. The van der Waals surface area contributed by atoms with E-state index in [2.05, 4.69) is 24.2 Å². The van der Waals surface area contributed by atoms with E-state index in [1.165, 1.54) is 0 Å². The van der Waals surface area contributed by atoms with Crippen molar-refractivity contribution in [1.29, 1.82) is 0 Å². The highest BCUT2D eigenvalue weighted by Gasteiger charge is 2.14. The quantitative estimate of drug-likeness (QED) is 0.923. The maximum absolute atomic E-state index is 5.87. The molecule has 0 amide bonds. The number of halogens is 1. The Hall–Kier alpha value is -1.39. The molecule has 0 fully saturated rings. The van der Waals surface area contributed by atoms with Crippen LogP contribution in [0.15, 0.2) is 24.3 Å². The van der Waals surface area contributed by atoms with Crippen LogP contribution in [-0.2, 0) is 13.1 Å². The van der Waals surface area contributed by atoms with Crippen molar-refractivity contribution < 1.29 is 0 Å². The van der Waals surface area contributed by atoms with Crippen molar-refractivity contribution in [2.24, 2.45) is 5.73 Å². The van der Waals surface area contributed by atoms with Crippen LogP contribution in [0.1, 0.15) is 36.7 Å². The molecule has 0 unspecified atom stereocenters. The Kier molecular flexibility index (Phi) is 3.99. The van der Waals surface area contributed by atoms with Crippen molar-refractivity contribution in [1.82, 2.24) is 15.0 Å². The fraction of sp³-hybridized carbons (Fsp3) is 0.385. The molecule has 1 heterocycles. The maximum Gasteiger partial charge on any atom is 0.0997 e. The van der Waals surface area contributed by atoms with E-state index in [-0.39, 0.29) is 0 Å². The van der Waals surface area contributed by atoms with Crippen LogP contribution < -0.4 is 5.73 Å². The molecule has 4 nitrogen and oxygen atoms in total. The van der Waals surface area contributed by atoms with Crippen LogP contribution in [0.3, 0.4) is 0 Å². The third-order valence-corrected chi connectivity index (χ3v) is 3.08. The van der Waals surface area contributed by atoms with Crippen LogP contribution in [0, 0.1) is 0 Å². The molecule has 0 spiro atoms. The predicted octanol–water partition coefficient (Wildman–Crippen LogP) is 2.56. The molecular formula is C13H17ClN4. The van der Waals surface area contributed by atoms with E-state index in [1.54, 1.807) is 0 Å². The van der Waals surface area contributed by atoms with Crippen LogP contribution in [0.25, 0.3) is 0 Å². The zero-order valence-corrected chi connectivity index (χ0v) is 11.4. The van der Waals surface area contributed by atoms with E-state index in [4.69, 9.17) is 17.3 Å². The molecule has 0 aliphatic carbocycles. The van der Waals surface area contributed by atoms with Crippen LogP contribution in [0.2, 0.25) is 5.02 Å². The third-order valence-electron chi connectivity index (χ3n) is 2.83. The molecule has 5 heteroatoms. The SMILES string of the molecule is CC(C)c1c(CN)nnn1Cc1ccc(Cl)cc1. The molecule has 0 aliphatic heterocycles. The van der Waals surface area contributed by atoms with Crippen LogP contribution in [-0.4, -0.2) is 15.0 Å². The van der Waals surface area contributed by atoms with Crippen molar-refractivity contribution in [3.8, 4) is 0 Å². The van der Waals surface area contributed by atoms with E-state index in [1.807, 2.05) is 28.9 Å². The average Bonchev–Trinajstić information content (AvgIpc) is 2.75. The van der Waals surface area contributed by atoms with E-state index in [0.717, 1.165) is 22.0 Å². The van der Waals surface area contributed by atoms with Gasteiger partial charge in [-0.15, -0.1) is 5.10 Å². The topological polar surface area (TPSA) is 56.7 Å². The Morgan fingerprint density at radius 1 is 1.28 bits per heavy atom.